The Morgan fingerprint density at radius 1 is 1.15 bits per heavy atom. The van der Waals surface area contributed by atoms with Crippen LogP contribution in [0.4, 0.5) is 0 Å². The first kappa shape index (κ1) is 11.4. The normalized spacial score (nSPS) is 44.0. The predicted octanol–water partition coefficient (Wildman–Crippen LogP) is 3.14. The number of hydrogen-bond donors (Lipinski definition) is 2. The molecule has 4 aliphatic rings. The number of aryl methyl sites for hydroxylation is 1. The lowest BCUT2D eigenvalue weighted by Crippen LogP contribution is -2.38. The fraction of sp³-hybridized carbons (Fsp3) is 0.556. The minimum atomic E-state index is -0.107. The first-order valence-electron chi connectivity index (χ1n) is 7.92. The number of phenolic OH excluding ortho intramolecular Hbond substituents is 1. The van der Waals surface area contributed by atoms with E-state index < -0.39 is 0 Å². The van der Waals surface area contributed by atoms with Crippen molar-refractivity contribution in [3.05, 3.63) is 41.0 Å². The Kier molecular flexibility index (Phi) is 1.98. The molecule has 20 heavy (non-hydrogen) atoms. The summed E-state index contributed by atoms with van der Waals surface area (Å²) in [5.41, 5.74) is 4.45. The maximum Gasteiger partial charge on any atom is 0.115 e. The summed E-state index contributed by atoms with van der Waals surface area (Å²) in [5.74, 6) is 2.42. The molecule has 0 aliphatic heterocycles. The van der Waals surface area contributed by atoms with Crippen LogP contribution in [0.1, 0.15) is 42.7 Å². The number of aliphatic hydroxyl groups is 1. The Balaban J connectivity index is 1.58. The smallest absolute Gasteiger partial charge is 0.115 e. The largest absolute Gasteiger partial charge is 0.508 e. The molecule has 0 amide bonds. The monoisotopic (exact) mass is 268 g/mol. The maximum atomic E-state index is 10.4. The van der Waals surface area contributed by atoms with E-state index in [-0.39, 0.29) is 11.5 Å². The van der Waals surface area contributed by atoms with Gasteiger partial charge in [0.05, 0.1) is 6.10 Å². The molecule has 3 unspecified atom stereocenters. The molecule has 1 aromatic carbocycles. The number of aliphatic hydroxyl groups excluding tert-OH is 1. The third-order valence-electron chi connectivity index (χ3n) is 6.55. The van der Waals surface area contributed by atoms with Gasteiger partial charge in [0.25, 0.3) is 0 Å². The highest BCUT2D eigenvalue weighted by Gasteiger charge is 2.64. The van der Waals surface area contributed by atoms with Crippen molar-refractivity contribution in [3.8, 4) is 5.75 Å². The number of fused-ring (bicyclic) bond motifs is 4. The third kappa shape index (κ3) is 1.20. The summed E-state index contributed by atoms with van der Waals surface area (Å²) >= 11 is 0. The van der Waals surface area contributed by atoms with Gasteiger partial charge >= 0.3 is 0 Å². The average molecular weight is 268 g/mol. The second kappa shape index (κ2) is 3.48. The minimum absolute atomic E-state index is 0.107. The SMILES string of the molecule is Oc1ccc2c(c1)CCC1C2CC2=C[C@@]23C1CC[C@@H]3O. The van der Waals surface area contributed by atoms with Gasteiger partial charge in [0.2, 0.25) is 0 Å². The van der Waals surface area contributed by atoms with Gasteiger partial charge in [-0.05, 0) is 73.1 Å². The summed E-state index contributed by atoms with van der Waals surface area (Å²) in [6, 6.07) is 5.94. The molecule has 104 valence electrons. The van der Waals surface area contributed by atoms with E-state index in [0.29, 0.717) is 17.6 Å². The van der Waals surface area contributed by atoms with Gasteiger partial charge in [-0.25, -0.2) is 0 Å². The van der Waals surface area contributed by atoms with Crippen molar-refractivity contribution in [2.75, 3.05) is 0 Å². The molecule has 2 fully saturated rings. The Bertz CT molecular complexity index is 632. The third-order valence-corrected chi connectivity index (χ3v) is 6.55. The molecule has 0 bridgehead atoms. The Labute approximate surface area is 119 Å². The highest BCUT2D eigenvalue weighted by atomic mass is 16.3. The molecule has 1 spiro atoms. The van der Waals surface area contributed by atoms with E-state index in [1.165, 1.54) is 29.5 Å². The molecule has 1 aromatic rings. The van der Waals surface area contributed by atoms with E-state index in [1.807, 2.05) is 12.1 Å². The van der Waals surface area contributed by atoms with Crippen molar-refractivity contribution >= 4 is 0 Å². The van der Waals surface area contributed by atoms with E-state index in [9.17, 15) is 10.2 Å². The fourth-order valence-electron chi connectivity index (χ4n) is 5.68. The second-order valence-electron chi connectivity index (χ2n) is 7.20. The average Bonchev–Trinajstić information content (AvgIpc) is 3.09. The summed E-state index contributed by atoms with van der Waals surface area (Å²) in [4.78, 5) is 0. The van der Waals surface area contributed by atoms with Crippen LogP contribution in [0, 0.1) is 17.3 Å². The second-order valence-corrected chi connectivity index (χ2v) is 7.20. The molecular formula is C18H20O2. The number of benzene rings is 1. The van der Waals surface area contributed by atoms with Crippen LogP contribution >= 0.6 is 0 Å². The standard InChI is InChI=1S/C18H20O2/c19-12-2-4-13-10(7-12)1-3-14-15(13)8-11-9-18(11)16(14)5-6-17(18)20/h2,4,7,9,14-17,19-20H,1,3,5-6,8H2/t14?,15?,16?,17-,18-/m0/s1. The van der Waals surface area contributed by atoms with Crippen molar-refractivity contribution < 1.29 is 10.2 Å². The summed E-state index contributed by atoms with van der Waals surface area (Å²) in [5, 5.41) is 20.0. The van der Waals surface area contributed by atoms with E-state index in [2.05, 4.69) is 12.1 Å². The van der Waals surface area contributed by atoms with Crippen LogP contribution in [0.15, 0.2) is 29.8 Å². The molecule has 2 heteroatoms. The lowest BCUT2D eigenvalue weighted by Gasteiger charge is -2.44. The molecule has 0 saturated heterocycles. The van der Waals surface area contributed by atoms with Gasteiger partial charge in [-0.1, -0.05) is 17.7 Å². The first-order chi connectivity index (χ1) is 9.70. The Morgan fingerprint density at radius 3 is 2.95 bits per heavy atom. The number of phenols is 1. The van der Waals surface area contributed by atoms with Crippen molar-refractivity contribution in [1.82, 2.24) is 0 Å². The maximum absolute atomic E-state index is 10.4. The zero-order valence-corrected chi connectivity index (χ0v) is 11.5. The molecule has 2 N–H and O–H groups in total. The van der Waals surface area contributed by atoms with Gasteiger partial charge in [0.1, 0.15) is 5.75 Å². The number of hydrogen-bond acceptors (Lipinski definition) is 2. The lowest BCUT2D eigenvalue weighted by atomic mass is 9.59. The van der Waals surface area contributed by atoms with E-state index in [0.717, 1.165) is 25.2 Å². The first-order valence-corrected chi connectivity index (χ1v) is 7.92. The Morgan fingerprint density at radius 2 is 2.05 bits per heavy atom. The van der Waals surface area contributed by atoms with Crippen molar-refractivity contribution in [3.63, 3.8) is 0 Å². The van der Waals surface area contributed by atoms with Gasteiger partial charge in [0.15, 0.2) is 0 Å². The highest BCUT2D eigenvalue weighted by molar-refractivity contribution is 5.51. The van der Waals surface area contributed by atoms with Crippen molar-refractivity contribution in [2.24, 2.45) is 17.3 Å². The van der Waals surface area contributed by atoms with Crippen LogP contribution in [0.25, 0.3) is 0 Å². The summed E-state index contributed by atoms with van der Waals surface area (Å²) in [7, 11) is 0. The van der Waals surface area contributed by atoms with Crippen LogP contribution in [0.2, 0.25) is 0 Å². The molecule has 4 aliphatic carbocycles. The van der Waals surface area contributed by atoms with Gasteiger partial charge < -0.3 is 10.2 Å². The predicted molar refractivity (Wildman–Crippen MR) is 76.5 cm³/mol. The molecule has 0 radical (unpaired) electrons. The number of rotatable bonds is 0. The van der Waals surface area contributed by atoms with Crippen LogP contribution < -0.4 is 0 Å². The van der Waals surface area contributed by atoms with Gasteiger partial charge in [-0.15, -0.1) is 0 Å². The van der Waals surface area contributed by atoms with Gasteiger partial charge in [-0.2, -0.15) is 0 Å². The van der Waals surface area contributed by atoms with Gasteiger partial charge in [-0.3, -0.25) is 0 Å². The molecule has 5 rings (SSSR count). The summed E-state index contributed by atoms with van der Waals surface area (Å²) < 4.78 is 0. The van der Waals surface area contributed by atoms with Crippen LogP contribution in [-0.2, 0) is 6.42 Å². The quantitative estimate of drug-likeness (QED) is 0.710. The molecule has 2 nitrogen and oxygen atoms in total. The van der Waals surface area contributed by atoms with Crippen LogP contribution in [0.5, 0.6) is 5.75 Å². The zero-order chi connectivity index (χ0) is 13.5. The van der Waals surface area contributed by atoms with Crippen molar-refractivity contribution in [2.45, 2.75) is 44.1 Å². The van der Waals surface area contributed by atoms with E-state index >= 15 is 0 Å². The fourth-order valence-corrected chi connectivity index (χ4v) is 5.68. The highest BCUT2D eigenvalue weighted by Crippen LogP contribution is 2.70. The summed E-state index contributed by atoms with van der Waals surface area (Å²) in [6.07, 6.45) is 7.89. The van der Waals surface area contributed by atoms with E-state index in [4.69, 9.17) is 0 Å². The number of aromatic hydroxyl groups is 1. The minimum Gasteiger partial charge on any atom is -0.508 e. The lowest BCUT2D eigenvalue weighted by molar-refractivity contribution is 0.0711. The molecule has 2 saturated carbocycles. The molecular weight excluding hydrogens is 248 g/mol. The van der Waals surface area contributed by atoms with Crippen molar-refractivity contribution in [1.29, 1.82) is 0 Å². The van der Waals surface area contributed by atoms with Gasteiger partial charge in [0, 0.05) is 5.41 Å². The molecule has 0 heterocycles. The summed E-state index contributed by atoms with van der Waals surface area (Å²) in [6.45, 7) is 0. The van der Waals surface area contributed by atoms with Crippen LogP contribution in [-0.4, -0.2) is 16.3 Å². The van der Waals surface area contributed by atoms with E-state index in [1.54, 1.807) is 0 Å². The molecule has 5 atom stereocenters. The zero-order valence-electron chi connectivity index (χ0n) is 11.5. The Hall–Kier alpha value is -1.28. The molecule has 0 aromatic heterocycles. The van der Waals surface area contributed by atoms with Crippen LogP contribution in [0.3, 0.4) is 0 Å². The topological polar surface area (TPSA) is 40.5 Å².